The van der Waals surface area contributed by atoms with Crippen molar-refractivity contribution in [1.82, 2.24) is 4.31 Å². The van der Waals surface area contributed by atoms with Gasteiger partial charge in [0.2, 0.25) is 0 Å². The molecule has 0 aliphatic heterocycles. The number of hydrogen-bond acceptors (Lipinski definition) is 5. The second kappa shape index (κ2) is 10.5. The summed E-state index contributed by atoms with van der Waals surface area (Å²) < 4.78 is 0.927. The molecular weight excluding hydrogens is 428 g/mol. The molecular formula is C23H22N4O4S. The fourth-order valence-electron chi connectivity index (χ4n) is 3.22. The normalized spacial score (nSPS) is 11.3. The van der Waals surface area contributed by atoms with Crippen LogP contribution in [-0.2, 0) is 11.2 Å². The molecule has 0 aliphatic rings. The van der Waals surface area contributed by atoms with Gasteiger partial charge in [0.1, 0.15) is 11.7 Å². The van der Waals surface area contributed by atoms with Crippen molar-refractivity contribution in [3.05, 3.63) is 100 Å². The summed E-state index contributed by atoms with van der Waals surface area (Å²) in [6.07, 6.45) is 0.717. The van der Waals surface area contributed by atoms with E-state index in [1.165, 1.54) is 18.2 Å². The summed E-state index contributed by atoms with van der Waals surface area (Å²) in [6.45, 7) is 1.98. The molecule has 3 amide bonds. The Morgan fingerprint density at radius 3 is 2.19 bits per heavy atom. The lowest BCUT2D eigenvalue weighted by molar-refractivity contribution is -0.383. The van der Waals surface area contributed by atoms with E-state index in [9.17, 15) is 19.7 Å². The second-order valence-corrected chi connectivity index (χ2v) is 7.29. The Bertz CT molecular complexity index is 1120. The molecule has 0 heterocycles. The van der Waals surface area contributed by atoms with Crippen molar-refractivity contribution in [2.24, 2.45) is 0 Å². The molecule has 32 heavy (non-hydrogen) atoms. The number of nitro benzene ring substituents is 1. The molecule has 0 fully saturated rings. The molecule has 3 aromatic carbocycles. The highest BCUT2D eigenvalue weighted by atomic mass is 32.1. The molecule has 0 aliphatic carbocycles. The third-order valence-corrected chi connectivity index (χ3v) is 5.23. The van der Waals surface area contributed by atoms with Crippen LogP contribution >= 0.6 is 12.8 Å². The fourth-order valence-corrected chi connectivity index (χ4v) is 3.51. The molecule has 2 N–H and O–H groups in total. The Balaban J connectivity index is 1.89. The third kappa shape index (κ3) is 5.25. The maximum atomic E-state index is 13.3. The Morgan fingerprint density at radius 1 is 0.938 bits per heavy atom. The first kappa shape index (κ1) is 22.8. The van der Waals surface area contributed by atoms with E-state index < -0.39 is 22.9 Å². The van der Waals surface area contributed by atoms with Crippen LogP contribution in [0, 0.1) is 10.1 Å². The number of nitrogens with one attached hydrogen (secondary N) is 2. The van der Waals surface area contributed by atoms with E-state index in [0.717, 1.165) is 16.3 Å². The zero-order valence-corrected chi connectivity index (χ0v) is 18.2. The first-order valence-corrected chi connectivity index (χ1v) is 10.3. The lowest BCUT2D eigenvalue weighted by Crippen LogP contribution is -2.38. The van der Waals surface area contributed by atoms with E-state index >= 15 is 0 Å². The minimum atomic E-state index is -1.09. The molecule has 0 saturated heterocycles. The number of benzene rings is 3. The summed E-state index contributed by atoms with van der Waals surface area (Å²) in [5, 5.41) is 16.6. The predicted octanol–water partition coefficient (Wildman–Crippen LogP) is 5.22. The topological polar surface area (TPSA) is 105 Å². The van der Waals surface area contributed by atoms with Gasteiger partial charge >= 0.3 is 6.03 Å². The van der Waals surface area contributed by atoms with Gasteiger partial charge in [-0.1, -0.05) is 80.4 Å². The van der Waals surface area contributed by atoms with Crippen LogP contribution in [0.5, 0.6) is 0 Å². The highest BCUT2D eigenvalue weighted by Crippen LogP contribution is 2.29. The lowest BCUT2D eigenvalue weighted by atomic mass is 10.1. The van der Waals surface area contributed by atoms with Crippen molar-refractivity contribution < 1.29 is 14.5 Å². The summed E-state index contributed by atoms with van der Waals surface area (Å²) in [6, 6.07) is 20.0. The molecule has 0 aromatic heterocycles. The van der Waals surface area contributed by atoms with Crippen LogP contribution in [-0.4, -0.2) is 21.2 Å². The molecule has 1 unspecified atom stereocenters. The largest absolute Gasteiger partial charge is 0.332 e. The third-order valence-electron chi connectivity index (χ3n) is 4.81. The number of carbonyl (C=O) groups is 2. The summed E-state index contributed by atoms with van der Waals surface area (Å²) >= 11 is 4.29. The van der Waals surface area contributed by atoms with Gasteiger partial charge in [0.05, 0.1) is 4.92 Å². The van der Waals surface area contributed by atoms with Crippen LogP contribution in [0.15, 0.2) is 78.9 Å². The van der Waals surface area contributed by atoms with Crippen LogP contribution in [0.1, 0.15) is 24.1 Å². The zero-order chi connectivity index (χ0) is 23.1. The van der Waals surface area contributed by atoms with Gasteiger partial charge in [0.15, 0.2) is 0 Å². The molecule has 0 saturated carbocycles. The molecule has 164 valence electrons. The quantitative estimate of drug-likeness (QED) is 0.261. The van der Waals surface area contributed by atoms with Gasteiger partial charge in [-0.15, -0.1) is 0 Å². The Morgan fingerprint density at radius 2 is 1.53 bits per heavy atom. The monoisotopic (exact) mass is 450 g/mol. The smallest absolute Gasteiger partial charge is 0.324 e. The van der Waals surface area contributed by atoms with Gasteiger partial charge < -0.3 is 10.6 Å². The summed E-state index contributed by atoms with van der Waals surface area (Å²) in [5.74, 6) is -0.468. The standard InChI is InChI=1S/C23H22N4O4S/c1-2-16-10-6-7-13-18(16)24-22(28)21(17-11-4-3-5-12-17)26(32)23(29)25-19-14-8-9-15-20(19)27(30)31/h3-15,21,32H,2H2,1H3,(H,24,28)(H,25,29). The lowest BCUT2D eigenvalue weighted by Gasteiger charge is -2.27. The Labute approximate surface area is 190 Å². The van der Waals surface area contributed by atoms with Gasteiger partial charge in [0, 0.05) is 11.8 Å². The first-order valence-electron chi connectivity index (χ1n) is 9.88. The molecule has 3 rings (SSSR count). The number of carbonyl (C=O) groups excluding carboxylic acids is 2. The number of nitrogens with zero attached hydrogens (tertiary/aromatic N) is 2. The summed E-state index contributed by atoms with van der Waals surface area (Å²) in [5.41, 5.74) is 1.86. The van der Waals surface area contributed by atoms with E-state index in [2.05, 4.69) is 23.4 Å². The average Bonchev–Trinajstić information content (AvgIpc) is 2.80. The van der Waals surface area contributed by atoms with Gasteiger partial charge in [-0.3, -0.25) is 19.2 Å². The zero-order valence-electron chi connectivity index (χ0n) is 17.3. The number of aryl methyl sites for hydroxylation is 1. The SMILES string of the molecule is CCc1ccccc1NC(=O)C(c1ccccc1)N(S)C(=O)Nc1ccccc1[N+](=O)[O-]. The van der Waals surface area contributed by atoms with E-state index in [1.54, 1.807) is 42.5 Å². The highest BCUT2D eigenvalue weighted by molar-refractivity contribution is 7.78. The minimum absolute atomic E-state index is 0.00472. The van der Waals surface area contributed by atoms with Crippen LogP contribution < -0.4 is 10.6 Å². The second-order valence-electron chi connectivity index (χ2n) is 6.86. The van der Waals surface area contributed by atoms with Crippen molar-refractivity contribution in [1.29, 1.82) is 0 Å². The van der Waals surface area contributed by atoms with Crippen molar-refractivity contribution >= 4 is 41.8 Å². The van der Waals surface area contributed by atoms with Crippen molar-refractivity contribution in [3.8, 4) is 0 Å². The number of amides is 3. The van der Waals surface area contributed by atoms with Crippen molar-refractivity contribution in [3.63, 3.8) is 0 Å². The van der Waals surface area contributed by atoms with Crippen LogP contribution in [0.3, 0.4) is 0 Å². The van der Waals surface area contributed by atoms with E-state index in [-0.39, 0.29) is 11.4 Å². The van der Waals surface area contributed by atoms with Gasteiger partial charge in [-0.25, -0.2) is 4.79 Å². The maximum Gasteiger partial charge on any atom is 0.332 e. The number of rotatable bonds is 7. The Kier molecular flexibility index (Phi) is 7.45. The van der Waals surface area contributed by atoms with Crippen LogP contribution in [0.4, 0.5) is 21.9 Å². The number of nitro groups is 1. The van der Waals surface area contributed by atoms with E-state index in [0.29, 0.717) is 11.3 Å². The minimum Gasteiger partial charge on any atom is -0.324 e. The van der Waals surface area contributed by atoms with Gasteiger partial charge in [-0.2, -0.15) is 0 Å². The molecule has 8 nitrogen and oxygen atoms in total. The first-order chi connectivity index (χ1) is 15.4. The van der Waals surface area contributed by atoms with Crippen molar-refractivity contribution in [2.75, 3.05) is 10.6 Å². The molecule has 1 atom stereocenters. The average molecular weight is 451 g/mol. The number of anilines is 2. The molecule has 3 aromatic rings. The van der Waals surface area contributed by atoms with Gasteiger partial charge in [0.25, 0.3) is 11.6 Å². The molecule has 0 bridgehead atoms. The maximum absolute atomic E-state index is 13.3. The fraction of sp³-hybridized carbons (Fsp3) is 0.130. The summed E-state index contributed by atoms with van der Waals surface area (Å²) in [4.78, 5) is 36.8. The number of urea groups is 1. The molecule has 9 heteroatoms. The van der Waals surface area contributed by atoms with Crippen LogP contribution in [0.25, 0.3) is 0 Å². The molecule has 0 spiro atoms. The molecule has 0 radical (unpaired) electrons. The number of para-hydroxylation sites is 3. The van der Waals surface area contributed by atoms with Crippen molar-refractivity contribution in [2.45, 2.75) is 19.4 Å². The van der Waals surface area contributed by atoms with E-state index in [4.69, 9.17) is 0 Å². The van der Waals surface area contributed by atoms with E-state index in [1.807, 2.05) is 25.1 Å². The van der Waals surface area contributed by atoms with Crippen LogP contribution in [0.2, 0.25) is 0 Å². The highest BCUT2D eigenvalue weighted by Gasteiger charge is 2.31. The number of hydrogen-bond donors (Lipinski definition) is 3. The number of thiol groups is 1. The van der Waals surface area contributed by atoms with Gasteiger partial charge in [-0.05, 0) is 29.7 Å². The Hall–Kier alpha value is -3.85. The summed E-state index contributed by atoms with van der Waals surface area (Å²) in [7, 11) is 0. The predicted molar refractivity (Wildman–Crippen MR) is 127 cm³/mol.